The summed E-state index contributed by atoms with van der Waals surface area (Å²) in [4.78, 5) is 0. The molecule has 0 aliphatic heterocycles. The molecule has 4 nitrogen and oxygen atoms in total. The summed E-state index contributed by atoms with van der Waals surface area (Å²) >= 11 is 3.57. The van der Waals surface area contributed by atoms with Crippen molar-refractivity contribution in [1.82, 2.24) is 9.13 Å². The Kier molecular flexibility index (Phi) is 16.4. The van der Waals surface area contributed by atoms with Gasteiger partial charge in [0.25, 0.3) is 0 Å². The van der Waals surface area contributed by atoms with Gasteiger partial charge >= 0.3 is 7.12 Å². The predicted molar refractivity (Wildman–Crippen MR) is 409 cm³/mol. The zero-order valence-corrected chi connectivity index (χ0v) is 52.8. The van der Waals surface area contributed by atoms with Gasteiger partial charge in [-0.3, -0.25) is 0 Å². The van der Waals surface area contributed by atoms with Crippen LogP contribution in [0.2, 0.25) is 0 Å². The average molecular weight is 1280 g/mol. The van der Waals surface area contributed by atoms with Crippen LogP contribution in [0.25, 0.3) is 154 Å². The zero-order valence-electron chi connectivity index (χ0n) is 51.2. The molecule has 2 heterocycles. The van der Waals surface area contributed by atoms with Crippen LogP contribution in [-0.2, 0) is 0 Å². The number of hydrogen-bond donors (Lipinski definition) is 2. The van der Waals surface area contributed by atoms with Crippen molar-refractivity contribution in [2.24, 2.45) is 0 Å². The summed E-state index contributed by atoms with van der Waals surface area (Å²) in [7, 11) is -1.46. The van der Waals surface area contributed by atoms with Crippen LogP contribution in [0.1, 0.15) is 7.43 Å². The Labute approximate surface area is 561 Å². The minimum absolute atomic E-state index is 0. The third-order valence-corrected chi connectivity index (χ3v) is 18.8. The monoisotopic (exact) mass is 1280 g/mol. The summed E-state index contributed by atoms with van der Waals surface area (Å²) in [6, 6.07) is 124. The fraction of sp³-hybridized carbons (Fsp3) is 0.0112. The highest BCUT2D eigenvalue weighted by atomic mass is 79.9. The van der Waals surface area contributed by atoms with Gasteiger partial charge in [-0.25, -0.2) is 0 Å². The first-order valence-corrected chi connectivity index (χ1v) is 32.6. The summed E-state index contributed by atoms with van der Waals surface area (Å²) in [5.74, 6) is 0. The molecule has 2 aromatic heterocycles. The molecule has 16 aromatic carbocycles. The molecule has 0 saturated carbocycles. The van der Waals surface area contributed by atoms with E-state index in [2.05, 4.69) is 341 Å². The second kappa shape index (κ2) is 26.0. The molecule has 0 atom stereocenters. The third-order valence-electron chi connectivity index (χ3n) is 18.3. The van der Waals surface area contributed by atoms with Crippen LogP contribution in [0, 0.1) is 0 Å². The minimum atomic E-state index is -1.46. The maximum atomic E-state index is 9.45. The van der Waals surface area contributed by atoms with Gasteiger partial charge in [-0.05, 0) is 171 Å². The van der Waals surface area contributed by atoms with E-state index in [9.17, 15) is 10.0 Å². The van der Waals surface area contributed by atoms with Crippen molar-refractivity contribution in [3.05, 3.63) is 356 Å². The standard InChI is InChI=1S/C44H29N.C26H19BO2.C18H12BrN.CH4/c1-3-13-31(14-4-1)43-36-18-7-9-20-38(36)44(39-21-10-8-19-37(39)43)32-25-23-30(24-26-32)33-27-28-42-40(29-33)35-17-11-12-22-41(35)45(42)34-15-5-2-6-16-34;28-27(29)20-16-14-19(15-17-20)26-23-12-6-4-10-21(23)25(18-8-2-1-3-9-18)22-11-5-7-13-24(22)26;19-13-10-11-18-16(12-13)15-8-4-5-9-17(15)20(18)14-6-2-1-3-7-14;/h1-29H;1-17,28-29H;1-12H;1H4. The quantitative estimate of drug-likeness (QED) is 0.118. The Bertz CT molecular complexity index is 5700. The molecule has 0 unspecified atom stereocenters. The van der Waals surface area contributed by atoms with Crippen molar-refractivity contribution >= 4 is 115 Å². The fourth-order valence-electron chi connectivity index (χ4n) is 14.2. The van der Waals surface area contributed by atoms with Crippen molar-refractivity contribution in [3.8, 4) is 67.0 Å². The van der Waals surface area contributed by atoms with Crippen molar-refractivity contribution in [2.45, 2.75) is 7.43 Å². The Morgan fingerprint density at radius 2 is 0.484 bits per heavy atom. The number of halogens is 1. The highest BCUT2D eigenvalue weighted by Crippen LogP contribution is 2.46. The van der Waals surface area contributed by atoms with E-state index >= 15 is 0 Å². The van der Waals surface area contributed by atoms with E-state index in [0.717, 1.165) is 15.6 Å². The lowest BCUT2D eigenvalue weighted by molar-refractivity contribution is 0.426. The fourth-order valence-corrected chi connectivity index (χ4v) is 14.5. The number of aromatic nitrogens is 2. The molecule has 0 aliphatic carbocycles. The van der Waals surface area contributed by atoms with Gasteiger partial charge in [-0.1, -0.05) is 308 Å². The van der Waals surface area contributed by atoms with Crippen LogP contribution in [0.4, 0.5) is 0 Å². The van der Waals surface area contributed by atoms with Crippen LogP contribution >= 0.6 is 15.9 Å². The largest absolute Gasteiger partial charge is 0.488 e. The molecule has 0 radical (unpaired) electrons. The molecular weight excluding hydrogens is 1220 g/mol. The number of para-hydroxylation sites is 4. The number of nitrogens with zero attached hydrogens (tertiary/aromatic N) is 2. The van der Waals surface area contributed by atoms with Gasteiger partial charge in [-0.15, -0.1) is 0 Å². The predicted octanol–water partition coefficient (Wildman–Crippen LogP) is 23.3. The molecule has 452 valence electrons. The second-order valence-corrected chi connectivity index (χ2v) is 24.7. The van der Waals surface area contributed by atoms with E-state index in [0.29, 0.717) is 5.46 Å². The molecule has 2 N–H and O–H groups in total. The molecule has 95 heavy (non-hydrogen) atoms. The van der Waals surface area contributed by atoms with Gasteiger partial charge in [0.05, 0.1) is 22.1 Å². The van der Waals surface area contributed by atoms with Crippen LogP contribution in [-0.4, -0.2) is 26.3 Å². The first-order valence-electron chi connectivity index (χ1n) is 31.8. The van der Waals surface area contributed by atoms with Crippen molar-refractivity contribution in [2.75, 3.05) is 0 Å². The molecule has 0 aliphatic rings. The second-order valence-electron chi connectivity index (χ2n) is 23.8. The summed E-state index contributed by atoms with van der Waals surface area (Å²) in [5, 5.41) is 33.9. The molecule has 0 amide bonds. The summed E-state index contributed by atoms with van der Waals surface area (Å²) in [5.41, 5.74) is 19.9. The third kappa shape index (κ3) is 11.0. The minimum Gasteiger partial charge on any atom is -0.423 e. The number of hydrogen-bond acceptors (Lipinski definition) is 2. The van der Waals surface area contributed by atoms with E-state index in [1.54, 1.807) is 12.1 Å². The number of benzene rings is 16. The van der Waals surface area contributed by atoms with Gasteiger partial charge < -0.3 is 19.2 Å². The maximum Gasteiger partial charge on any atom is 0.488 e. The lowest BCUT2D eigenvalue weighted by Gasteiger charge is -2.18. The topological polar surface area (TPSA) is 50.3 Å². The van der Waals surface area contributed by atoms with E-state index in [1.807, 2.05) is 24.3 Å². The molecular formula is C89H64BBrN2O2. The Morgan fingerprint density at radius 3 is 0.853 bits per heavy atom. The van der Waals surface area contributed by atoms with Crippen molar-refractivity contribution < 1.29 is 10.0 Å². The molecule has 0 saturated heterocycles. The van der Waals surface area contributed by atoms with Gasteiger partial charge in [0.15, 0.2) is 0 Å². The lowest BCUT2D eigenvalue weighted by atomic mass is 9.79. The average Bonchev–Trinajstić information content (AvgIpc) is 1.29. The van der Waals surface area contributed by atoms with Crippen LogP contribution in [0.15, 0.2) is 356 Å². The van der Waals surface area contributed by atoms with E-state index in [4.69, 9.17) is 0 Å². The first-order chi connectivity index (χ1) is 46.4. The molecule has 6 heteroatoms. The first kappa shape index (κ1) is 59.9. The summed E-state index contributed by atoms with van der Waals surface area (Å²) in [6.45, 7) is 0. The van der Waals surface area contributed by atoms with Crippen LogP contribution < -0.4 is 5.46 Å². The molecule has 18 aromatic rings. The number of fused-ring (bicyclic) bond motifs is 10. The van der Waals surface area contributed by atoms with Crippen molar-refractivity contribution in [3.63, 3.8) is 0 Å². The van der Waals surface area contributed by atoms with Gasteiger partial charge in [0, 0.05) is 37.4 Å². The summed E-state index contributed by atoms with van der Waals surface area (Å²) < 4.78 is 5.80. The van der Waals surface area contributed by atoms with Gasteiger partial charge in [0.1, 0.15) is 0 Å². The smallest absolute Gasteiger partial charge is 0.423 e. The Hall–Kier alpha value is -11.4. The summed E-state index contributed by atoms with van der Waals surface area (Å²) in [6.07, 6.45) is 0. The molecule has 0 spiro atoms. The van der Waals surface area contributed by atoms with Gasteiger partial charge in [-0.2, -0.15) is 0 Å². The van der Waals surface area contributed by atoms with Gasteiger partial charge in [0.2, 0.25) is 0 Å². The zero-order chi connectivity index (χ0) is 63.1. The van der Waals surface area contributed by atoms with E-state index in [-0.39, 0.29) is 7.43 Å². The van der Waals surface area contributed by atoms with Crippen LogP contribution in [0.5, 0.6) is 0 Å². The van der Waals surface area contributed by atoms with E-state index < -0.39 is 7.12 Å². The normalized spacial score (nSPS) is 11.2. The highest BCUT2D eigenvalue weighted by molar-refractivity contribution is 9.10. The Morgan fingerprint density at radius 1 is 0.221 bits per heavy atom. The Balaban J connectivity index is 0.000000127. The SMILES string of the molecule is Brc1ccc2c(c1)c1ccccc1n2-c1ccccc1.C.OB(O)c1ccc(-c2c3ccccc3c(-c3ccccc3)c3ccccc23)cc1.c1ccc(-c2c3ccccc3c(-c3ccc(-c4ccc5c(c4)c4ccccc4n5-c4ccccc4)cc3)c3ccccc23)cc1. The highest BCUT2D eigenvalue weighted by Gasteiger charge is 2.21. The number of rotatable bonds is 8. The lowest BCUT2D eigenvalue weighted by Crippen LogP contribution is -2.29. The van der Waals surface area contributed by atoms with Crippen LogP contribution in [0.3, 0.4) is 0 Å². The van der Waals surface area contributed by atoms with Crippen molar-refractivity contribution in [1.29, 1.82) is 0 Å². The maximum absolute atomic E-state index is 9.45. The van der Waals surface area contributed by atoms with E-state index in [1.165, 1.54) is 143 Å². The molecule has 0 fully saturated rings. The molecule has 0 bridgehead atoms. The molecule has 18 rings (SSSR count).